The number of rotatable bonds is 6. The van der Waals surface area contributed by atoms with E-state index in [9.17, 15) is 22.0 Å². The third kappa shape index (κ3) is 4.46. The molecule has 0 bridgehead atoms. The van der Waals surface area contributed by atoms with Gasteiger partial charge < -0.3 is 15.0 Å². The number of ether oxygens (including phenoxy) is 1. The second kappa shape index (κ2) is 9.34. The van der Waals surface area contributed by atoms with Crippen molar-refractivity contribution in [2.75, 3.05) is 43.1 Å². The summed E-state index contributed by atoms with van der Waals surface area (Å²) in [7, 11) is -4.25. The minimum atomic E-state index is -4.25. The van der Waals surface area contributed by atoms with Crippen molar-refractivity contribution >= 4 is 49.8 Å². The number of amides is 1. The summed E-state index contributed by atoms with van der Waals surface area (Å²) in [5, 5.41) is 9.76. The van der Waals surface area contributed by atoms with Crippen LogP contribution in [0.1, 0.15) is 18.4 Å². The number of benzene rings is 2. The molecule has 5 rings (SSSR count). The van der Waals surface area contributed by atoms with Crippen molar-refractivity contribution < 1.29 is 26.7 Å². The zero-order chi connectivity index (χ0) is 24.7. The average Bonchev–Trinajstić information content (AvgIpc) is 3.26. The average molecular weight is 526 g/mol. The fourth-order valence-corrected chi connectivity index (χ4v) is 6.43. The SMILES string of the molecule is O=C(Nc1ccc(N2CCOCC2)c(Cl)c1)C1CCN1S(=O)(=O)c1cc(C(F)F)cc2cn[nH]c12. The first-order valence-corrected chi connectivity index (χ1v) is 12.8. The van der Waals surface area contributed by atoms with Gasteiger partial charge in [-0.3, -0.25) is 9.89 Å². The fourth-order valence-electron chi connectivity index (χ4n) is 4.29. The molecule has 13 heteroatoms. The van der Waals surface area contributed by atoms with E-state index >= 15 is 0 Å². The van der Waals surface area contributed by atoms with E-state index in [1.165, 1.54) is 12.3 Å². The van der Waals surface area contributed by atoms with Gasteiger partial charge in [0.25, 0.3) is 6.43 Å². The van der Waals surface area contributed by atoms with Crippen LogP contribution in [0.15, 0.2) is 41.4 Å². The van der Waals surface area contributed by atoms with Crippen molar-refractivity contribution in [1.29, 1.82) is 0 Å². The Hall–Kier alpha value is -2.80. The summed E-state index contributed by atoms with van der Waals surface area (Å²) in [6, 6.07) is 6.24. The van der Waals surface area contributed by atoms with Gasteiger partial charge in [-0.05, 0) is 36.8 Å². The van der Waals surface area contributed by atoms with E-state index in [0.29, 0.717) is 43.4 Å². The van der Waals surface area contributed by atoms with Crippen molar-refractivity contribution in [1.82, 2.24) is 14.5 Å². The van der Waals surface area contributed by atoms with Gasteiger partial charge >= 0.3 is 0 Å². The van der Waals surface area contributed by atoms with Crippen LogP contribution in [-0.4, -0.2) is 67.7 Å². The minimum absolute atomic E-state index is 0.0890. The molecular weight excluding hydrogens is 504 g/mol. The summed E-state index contributed by atoms with van der Waals surface area (Å²) in [5.41, 5.74) is 0.931. The third-order valence-electron chi connectivity index (χ3n) is 6.21. The van der Waals surface area contributed by atoms with Gasteiger partial charge in [0.2, 0.25) is 15.9 Å². The van der Waals surface area contributed by atoms with Gasteiger partial charge in [0, 0.05) is 36.3 Å². The van der Waals surface area contributed by atoms with Gasteiger partial charge in [0.15, 0.2) is 0 Å². The minimum Gasteiger partial charge on any atom is -0.378 e. The second-order valence-electron chi connectivity index (χ2n) is 8.33. The zero-order valence-electron chi connectivity index (χ0n) is 18.4. The van der Waals surface area contributed by atoms with Crippen LogP contribution < -0.4 is 10.2 Å². The second-order valence-corrected chi connectivity index (χ2v) is 10.6. The molecule has 1 amide bonds. The summed E-state index contributed by atoms with van der Waals surface area (Å²) in [4.78, 5) is 14.7. The first-order valence-electron chi connectivity index (χ1n) is 11.0. The first kappa shape index (κ1) is 23.9. The van der Waals surface area contributed by atoms with Gasteiger partial charge in [-0.2, -0.15) is 9.40 Å². The monoisotopic (exact) mass is 525 g/mol. The maximum absolute atomic E-state index is 13.4. The molecule has 0 radical (unpaired) electrons. The summed E-state index contributed by atoms with van der Waals surface area (Å²) in [6.45, 7) is 2.71. The van der Waals surface area contributed by atoms with E-state index in [1.54, 1.807) is 18.2 Å². The molecule has 2 aliphatic heterocycles. The molecule has 2 aromatic carbocycles. The third-order valence-corrected chi connectivity index (χ3v) is 8.45. The van der Waals surface area contributed by atoms with Gasteiger partial charge in [-0.15, -0.1) is 0 Å². The van der Waals surface area contributed by atoms with Crippen molar-refractivity contribution in [3.63, 3.8) is 0 Å². The Bertz CT molecular complexity index is 1380. The van der Waals surface area contributed by atoms with E-state index in [1.807, 2.05) is 0 Å². The standard InChI is InChI=1S/C22H22ClF2N5O4S/c23-16-11-15(1-2-17(16)29-5-7-34-8-6-29)27-22(31)18-3-4-30(18)35(32,33)19-10-13(21(24)25)9-14-12-26-28-20(14)19/h1-2,9-12,18,21H,3-8H2,(H,26,28)(H,27,31). The highest BCUT2D eigenvalue weighted by Crippen LogP contribution is 2.35. The van der Waals surface area contributed by atoms with E-state index in [0.717, 1.165) is 16.1 Å². The van der Waals surface area contributed by atoms with E-state index in [4.69, 9.17) is 16.3 Å². The van der Waals surface area contributed by atoms with Crippen molar-refractivity contribution in [2.45, 2.75) is 23.8 Å². The summed E-state index contributed by atoms with van der Waals surface area (Å²) in [5.74, 6) is -0.527. The Morgan fingerprint density at radius 3 is 2.63 bits per heavy atom. The van der Waals surface area contributed by atoms with Crippen molar-refractivity contribution in [2.24, 2.45) is 0 Å². The van der Waals surface area contributed by atoms with Gasteiger partial charge in [-0.1, -0.05) is 11.6 Å². The number of alkyl halides is 2. The molecule has 1 atom stereocenters. The number of carbonyl (C=O) groups is 1. The molecule has 2 fully saturated rings. The number of nitrogens with one attached hydrogen (secondary N) is 2. The van der Waals surface area contributed by atoms with Gasteiger partial charge in [-0.25, -0.2) is 17.2 Å². The Kier molecular flexibility index (Phi) is 6.38. The highest BCUT2D eigenvalue weighted by Gasteiger charge is 2.44. The Labute approximate surface area is 205 Å². The van der Waals surface area contributed by atoms with Gasteiger partial charge in [0.05, 0.1) is 35.6 Å². The highest BCUT2D eigenvalue weighted by molar-refractivity contribution is 7.89. The number of morpholine rings is 1. The number of hydrogen-bond donors (Lipinski definition) is 2. The zero-order valence-corrected chi connectivity index (χ0v) is 20.0. The van der Waals surface area contributed by atoms with Crippen LogP contribution in [0.3, 0.4) is 0 Å². The number of H-pyrrole nitrogens is 1. The predicted molar refractivity (Wildman–Crippen MR) is 126 cm³/mol. The van der Waals surface area contributed by atoms with E-state index in [-0.39, 0.29) is 22.3 Å². The molecule has 0 spiro atoms. The molecule has 0 saturated carbocycles. The van der Waals surface area contributed by atoms with Crippen LogP contribution in [0, 0.1) is 0 Å². The van der Waals surface area contributed by atoms with Crippen LogP contribution in [0.25, 0.3) is 10.9 Å². The number of carbonyl (C=O) groups excluding carboxylic acids is 1. The summed E-state index contributed by atoms with van der Waals surface area (Å²) < 4.78 is 59.8. The quantitative estimate of drug-likeness (QED) is 0.511. The normalized spacial score (nSPS) is 19.2. The largest absolute Gasteiger partial charge is 0.378 e. The molecule has 2 N–H and O–H groups in total. The van der Waals surface area contributed by atoms with Crippen LogP contribution in [0.2, 0.25) is 5.02 Å². The lowest BCUT2D eigenvalue weighted by atomic mass is 10.1. The molecule has 3 heterocycles. The molecule has 3 aromatic rings. The maximum atomic E-state index is 13.4. The lowest BCUT2D eigenvalue weighted by Crippen LogP contribution is -2.56. The molecule has 186 valence electrons. The molecular formula is C22H22ClF2N5O4S. The van der Waals surface area contributed by atoms with Crippen molar-refractivity contribution in [3.8, 4) is 0 Å². The molecule has 35 heavy (non-hydrogen) atoms. The number of aromatic nitrogens is 2. The summed E-state index contributed by atoms with van der Waals surface area (Å²) >= 11 is 6.43. The van der Waals surface area contributed by atoms with Crippen molar-refractivity contribution in [3.05, 3.63) is 47.1 Å². The Balaban J connectivity index is 1.35. The Morgan fingerprint density at radius 1 is 1.20 bits per heavy atom. The van der Waals surface area contributed by atoms with Crippen LogP contribution >= 0.6 is 11.6 Å². The molecule has 0 aliphatic carbocycles. The molecule has 1 aromatic heterocycles. The van der Waals surface area contributed by atoms with Crippen LogP contribution in [0.4, 0.5) is 20.2 Å². The van der Waals surface area contributed by atoms with E-state index < -0.39 is 34.0 Å². The predicted octanol–water partition coefficient (Wildman–Crippen LogP) is 3.39. The number of halogens is 3. The smallest absolute Gasteiger partial charge is 0.263 e. The molecule has 1 unspecified atom stereocenters. The van der Waals surface area contributed by atoms with Gasteiger partial charge in [0.1, 0.15) is 10.9 Å². The number of fused-ring (bicyclic) bond motifs is 1. The lowest BCUT2D eigenvalue weighted by molar-refractivity contribution is -0.122. The molecule has 2 saturated heterocycles. The summed E-state index contributed by atoms with van der Waals surface area (Å²) in [6.07, 6.45) is -1.28. The van der Waals surface area contributed by atoms with Crippen LogP contribution in [-0.2, 0) is 19.6 Å². The number of hydrogen-bond acceptors (Lipinski definition) is 6. The highest BCUT2D eigenvalue weighted by atomic mass is 35.5. The number of anilines is 2. The fraction of sp³-hybridized carbons (Fsp3) is 0.364. The molecule has 2 aliphatic rings. The topological polar surface area (TPSA) is 108 Å². The number of sulfonamides is 1. The molecule has 9 nitrogen and oxygen atoms in total. The Morgan fingerprint density at radius 2 is 1.97 bits per heavy atom. The number of nitrogens with zero attached hydrogens (tertiary/aromatic N) is 3. The maximum Gasteiger partial charge on any atom is 0.263 e. The number of aromatic amines is 1. The van der Waals surface area contributed by atoms with Crippen LogP contribution in [0.5, 0.6) is 0 Å². The van der Waals surface area contributed by atoms with E-state index in [2.05, 4.69) is 20.4 Å². The lowest BCUT2D eigenvalue weighted by Gasteiger charge is -2.38. The first-order chi connectivity index (χ1) is 16.8.